The number of nitro benzene ring substituents is 4. The normalized spacial score (nSPS) is 11.2. The van der Waals surface area contributed by atoms with Crippen LogP contribution in [0.15, 0.2) is 97.1 Å². The fourth-order valence-corrected chi connectivity index (χ4v) is 4.19. The van der Waals surface area contributed by atoms with Crippen LogP contribution < -0.4 is 41.7 Å². The monoisotopic (exact) mass is 1300 g/mol. The third-order valence-electron chi connectivity index (χ3n) is 7.08. The molecule has 0 atom stereocenters. The van der Waals surface area contributed by atoms with Crippen molar-refractivity contribution >= 4 is 46.6 Å². The average molecular weight is 1300 g/mol. The molecule has 2 aliphatic heterocycles. The molecule has 6 rings (SSSR count). The summed E-state index contributed by atoms with van der Waals surface area (Å²) in [6, 6.07) is 18.8. The molecular formula is C36H40Ag4N8O18. The number of aromatic carboxylic acids is 4. The maximum Gasteiger partial charge on any atom is 1.00 e. The molecule has 2 fully saturated rings. The van der Waals surface area contributed by atoms with Crippen LogP contribution in [0, 0.1) is 40.5 Å². The minimum Gasteiger partial charge on any atom is -0.545 e. The molecule has 30 heteroatoms. The molecule has 66 heavy (non-hydrogen) atoms. The number of piperazine rings is 2. The minimum atomic E-state index is -1.42. The van der Waals surface area contributed by atoms with E-state index in [1.807, 2.05) is 0 Å². The van der Waals surface area contributed by atoms with Crippen molar-refractivity contribution in [1.29, 1.82) is 0 Å². The SMILES string of the molecule is C1CNCCN1.C1CNCCN1.O.O.O=C([O-])c1cccc([N+](=O)[O-])c1.O=C([O-])c1cccc([N+](=O)[O-])c1.O=C([O-])c1cccc([N+](=O)[O-])c1.O=C([O-])c1cccc([N+](=O)[O-])c1.[Ag+].[Ag+].[Ag+].[Ag+]. The number of benzene rings is 4. The van der Waals surface area contributed by atoms with E-state index in [2.05, 4.69) is 21.3 Å². The number of rotatable bonds is 8. The van der Waals surface area contributed by atoms with E-state index in [9.17, 15) is 80.1 Å². The summed E-state index contributed by atoms with van der Waals surface area (Å²) in [5.74, 6) is -5.67. The topological polar surface area (TPSA) is 444 Å². The van der Waals surface area contributed by atoms with Gasteiger partial charge in [0.15, 0.2) is 0 Å². The van der Waals surface area contributed by atoms with Gasteiger partial charge in [-0.05, 0) is 0 Å². The van der Waals surface area contributed by atoms with Crippen molar-refractivity contribution in [2.45, 2.75) is 0 Å². The molecule has 0 spiro atoms. The number of nitro groups is 4. The molecule has 4 aromatic carbocycles. The van der Waals surface area contributed by atoms with Crippen LogP contribution in [0.1, 0.15) is 41.4 Å². The summed E-state index contributed by atoms with van der Waals surface area (Å²) >= 11 is 0. The van der Waals surface area contributed by atoms with Gasteiger partial charge in [-0.15, -0.1) is 0 Å². The Balaban J connectivity index is -0.000000163. The Morgan fingerprint density at radius 3 is 0.606 bits per heavy atom. The Labute approximate surface area is 436 Å². The smallest absolute Gasteiger partial charge is 0.545 e. The number of hydrogen-bond donors (Lipinski definition) is 4. The molecule has 2 aliphatic rings. The molecule has 0 aromatic heterocycles. The van der Waals surface area contributed by atoms with E-state index in [1.54, 1.807) is 0 Å². The molecule has 2 saturated heterocycles. The first-order chi connectivity index (χ1) is 28.4. The van der Waals surface area contributed by atoms with Gasteiger partial charge in [0.05, 0.1) is 43.6 Å². The second-order valence-corrected chi connectivity index (χ2v) is 11.4. The van der Waals surface area contributed by atoms with E-state index < -0.39 is 43.6 Å². The molecule has 0 unspecified atom stereocenters. The quantitative estimate of drug-likeness (QED) is 0.0756. The number of carbonyl (C=O) groups is 4. The predicted molar refractivity (Wildman–Crippen MR) is 208 cm³/mol. The van der Waals surface area contributed by atoms with Gasteiger partial charge in [0.1, 0.15) is 0 Å². The van der Waals surface area contributed by atoms with E-state index in [0.29, 0.717) is 0 Å². The Morgan fingerprint density at radius 2 is 0.500 bits per heavy atom. The van der Waals surface area contributed by atoms with Crippen molar-refractivity contribution in [2.24, 2.45) is 0 Å². The standard InChI is InChI=1S/4C7H5NO4.2C4H10N2.4Ag.2H2O/c4*9-7(10)5-2-1-3-6(4-5)8(11)12;2*1-2-6-4-3-5-1;;;;;;/h4*1-4H,(H,9,10);2*5-6H,1-4H2;;;;;2*1H2/q;;;;;;4*+1;;/p-4. The number of non-ortho nitro benzene ring substituents is 4. The second kappa shape index (κ2) is 41.5. The maximum atomic E-state index is 10.2. The van der Waals surface area contributed by atoms with E-state index in [0.717, 1.165) is 76.6 Å². The van der Waals surface area contributed by atoms with Crippen LogP contribution >= 0.6 is 0 Å². The van der Waals surface area contributed by atoms with E-state index in [-0.39, 0.29) is 145 Å². The summed E-state index contributed by atoms with van der Waals surface area (Å²) in [6.45, 7) is 9.11. The summed E-state index contributed by atoms with van der Waals surface area (Å²) in [4.78, 5) is 79.0. The Kier molecular flexibility index (Phi) is 45.7. The van der Waals surface area contributed by atoms with Crippen LogP contribution in [0.25, 0.3) is 0 Å². The van der Waals surface area contributed by atoms with Crippen molar-refractivity contribution in [3.63, 3.8) is 0 Å². The van der Waals surface area contributed by atoms with Gasteiger partial charge in [-0.2, -0.15) is 0 Å². The predicted octanol–water partition coefficient (Wildman–Crippen LogP) is -3.47. The molecular weight excluding hydrogens is 1260 g/mol. The van der Waals surface area contributed by atoms with Crippen molar-refractivity contribution < 1.29 is 160 Å². The molecule has 376 valence electrons. The number of carboxylic acids is 4. The van der Waals surface area contributed by atoms with Gasteiger partial charge in [0, 0.05) is 123 Å². The molecule has 8 N–H and O–H groups in total. The fraction of sp³-hybridized carbons (Fsp3) is 0.222. The van der Waals surface area contributed by atoms with E-state index >= 15 is 0 Å². The van der Waals surface area contributed by atoms with Crippen LogP contribution in [0.5, 0.6) is 0 Å². The maximum absolute atomic E-state index is 10.2. The zero-order valence-electron chi connectivity index (χ0n) is 33.4. The second-order valence-electron chi connectivity index (χ2n) is 11.4. The third-order valence-corrected chi connectivity index (χ3v) is 7.08. The van der Waals surface area contributed by atoms with Crippen LogP contribution in [-0.2, 0) is 89.5 Å². The van der Waals surface area contributed by atoms with Crippen molar-refractivity contribution in [1.82, 2.24) is 21.3 Å². The van der Waals surface area contributed by atoms with E-state index in [4.69, 9.17) is 0 Å². The van der Waals surface area contributed by atoms with Crippen LogP contribution in [0.3, 0.4) is 0 Å². The first-order valence-electron chi connectivity index (χ1n) is 17.1. The van der Waals surface area contributed by atoms with Gasteiger partial charge >= 0.3 is 89.5 Å². The average Bonchev–Trinajstić information content (AvgIpc) is 3.26. The summed E-state index contributed by atoms with van der Waals surface area (Å²) in [5, 5.41) is 94.5. The summed E-state index contributed by atoms with van der Waals surface area (Å²) in [6.07, 6.45) is 0. The minimum absolute atomic E-state index is 0. The van der Waals surface area contributed by atoms with Gasteiger partial charge in [-0.25, -0.2) is 0 Å². The molecule has 0 saturated carbocycles. The number of hydrogen-bond acceptors (Lipinski definition) is 20. The first-order valence-corrected chi connectivity index (χ1v) is 17.1. The molecule has 0 aliphatic carbocycles. The van der Waals surface area contributed by atoms with Crippen LogP contribution in [0.2, 0.25) is 0 Å². The molecule has 2 heterocycles. The van der Waals surface area contributed by atoms with Crippen molar-refractivity contribution in [3.8, 4) is 0 Å². The summed E-state index contributed by atoms with van der Waals surface area (Å²) in [7, 11) is 0. The summed E-state index contributed by atoms with van der Waals surface area (Å²) in [5.41, 5.74) is -1.77. The number of nitrogens with one attached hydrogen (secondary N) is 4. The van der Waals surface area contributed by atoms with Gasteiger partial charge in [0.2, 0.25) is 0 Å². The van der Waals surface area contributed by atoms with Crippen LogP contribution in [0.4, 0.5) is 22.7 Å². The Hall–Kier alpha value is -4.92. The van der Waals surface area contributed by atoms with Crippen molar-refractivity contribution in [3.05, 3.63) is 160 Å². The fourth-order valence-electron chi connectivity index (χ4n) is 4.19. The number of carbonyl (C=O) groups excluding carboxylic acids is 4. The summed E-state index contributed by atoms with van der Waals surface area (Å²) < 4.78 is 0. The van der Waals surface area contributed by atoms with Crippen molar-refractivity contribution in [2.75, 3.05) is 52.4 Å². The zero-order chi connectivity index (χ0) is 45.0. The van der Waals surface area contributed by atoms with E-state index in [1.165, 1.54) is 72.8 Å². The Bertz CT molecular complexity index is 1700. The van der Waals surface area contributed by atoms with Gasteiger partial charge in [-0.1, -0.05) is 48.5 Å². The third kappa shape index (κ3) is 31.9. The van der Waals surface area contributed by atoms with Gasteiger partial charge < -0.3 is 71.8 Å². The molecule has 0 radical (unpaired) electrons. The molecule has 0 bridgehead atoms. The Morgan fingerprint density at radius 1 is 0.348 bits per heavy atom. The largest absolute Gasteiger partial charge is 1.00 e. The van der Waals surface area contributed by atoms with Crippen LogP contribution in [-0.4, -0.2) is 107 Å². The number of carboxylic acid groups (broad SMARTS) is 4. The number of nitrogens with zero attached hydrogens (tertiary/aromatic N) is 4. The van der Waals surface area contributed by atoms with Gasteiger partial charge in [-0.3, -0.25) is 40.5 Å². The molecule has 0 amide bonds. The zero-order valence-corrected chi connectivity index (χ0v) is 39.4. The van der Waals surface area contributed by atoms with Gasteiger partial charge in [0.25, 0.3) is 22.7 Å². The molecule has 26 nitrogen and oxygen atoms in total. The molecule has 4 aromatic rings. The first kappa shape index (κ1) is 72.7.